The van der Waals surface area contributed by atoms with Crippen molar-refractivity contribution in [1.82, 2.24) is 66.9 Å². The van der Waals surface area contributed by atoms with E-state index in [-0.39, 0.29) is 169 Å². The molecule has 9 rings (SSSR count). The van der Waals surface area contributed by atoms with Gasteiger partial charge in [0.25, 0.3) is 0 Å². The summed E-state index contributed by atoms with van der Waals surface area (Å²) in [6.07, 6.45) is 1.81. The van der Waals surface area contributed by atoms with Crippen LogP contribution in [0.1, 0.15) is 87.1 Å². The van der Waals surface area contributed by atoms with Crippen LogP contribution in [0.15, 0.2) is 124 Å². The maximum atomic E-state index is 13.3. The lowest BCUT2D eigenvalue weighted by molar-refractivity contribution is 0.0516. The minimum absolute atomic E-state index is 0.0447. The molecule has 0 bridgehead atoms. The fourth-order valence-corrected chi connectivity index (χ4v) is 17.9. The van der Waals surface area contributed by atoms with Gasteiger partial charge in [0.15, 0.2) is 0 Å². The molecule has 0 saturated carbocycles. The number of hydrogen-bond acceptors (Lipinski definition) is 19. The Balaban J connectivity index is 0.608. The summed E-state index contributed by atoms with van der Waals surface area (Å²) < 4.78 is 121. The van der Waals surface area contributed by atoms with E-state index in [1.165, 1.54) is 0 Å². The topological polar surface area (TPSA) is 357 Å². The Morgan fingerprint density at radius 2 is 0.607 bits per heavy atom. The van der Waals surface area contributed by atoms with E-state index in [0.29, 0.717) is 128 Å². The number of fused-ring (bicyclic) bond motifs is 3. The van der Waals surface area contributed by atoms with Crippen molar-refractivity contribution in [2.24, 2.45) is 0 Å². The van der Waals surface area contributed by atoms with E-state index in [0.717, 1.165) is 50.1 Å². The molecule has 6 amide bonds. The lowest BCUT2D eigenvalue weighted by Gasteiger charge is -2.28. The van der Waals surface area contributed by atoms with Gasteiger partial charge in [-0.05, 0) is 162 Å². The van der Waals surface area contributed by atoms with Crippen molar-refractivity contribution in [2.45, 2.75) is 71.3 Å². The molecule has 6 aromatic rings. The quantitative estimate of drug-likeness (QED) is 0.0161. The molecule has 3 atom stereocenters. The normalized spacial score (nSPS) is 15.6. The van der Waals surface area contributed by atoms with Gasteiger partial charge >= 0.3 is 18.1 Å². The predicted octanol–water partition coefficient (Wildman–Crippen LogP) is 8.02. The van der Waals surface area contributed by atoms with E-state index in [2.05, 4.69) is 66.9 Å². The highest BCUT2D eigenvalue weighted by molar-refractivity contribution is 7.90. The molecule has 0 radical (unpaired) electrons. The SMILES string of the molecule is O=C(NCCCN(CCCNC(=O)NCCOCCOCCNS(=O)(=O)c1cccc([C@@H]2CNCc3c(Cl)cc(Cl)cc32)c1)CCCNC(=O)NCCOCCOCCNS(=O)(=O)c1cccc([C@@H]2CNCc3c(Cl)cc(Cl)cc32)c1)NCCOCCOCCNS(=O)(=O)c1cccc([C@@H]2CNCc3c(Cl)cc(Cl)cc32)c1. The maximum Gasteiger partial charge on any atom is 0.314 e. The summed E-state index contributed by atoms with van der Waals surface area (Å²) in [5.74, 6) is -0.413. The number of hydrogen-bond donors (Lipinski definition) is 12. The summed E-state index contributed by atoms with van der Waals surface area (Å²) in [6.45, 7) is 9.65. The molecule has 28 nitrogen and oxygen atoms in total. The van der Waals surface area contributed by atoms with E-state index in [1.807, 2.05) is 36.4 Å². The lowest BCUT2D eigenvalue weighted by atomic mass is 9.85. The zero-order valence-electron chi connectivity index (χ0n) is 62.0. The fraction of sp³-hybridized carbons (Fsp3) is 0.480. The Kier molecular flexibility index (Phi) is 37.7. The standard InChI is InChI=1S/C75H99Cl6N13O15S3/c76-55-40-61-64(46-82-49-67(61)70(79)43-55)52-7-1-10-58(37-52)110(98,99)91-19-28-107-34-31-104-25-16-88-73(95)85-13-4-22-94(23-5-14-86-74(96)89-17-26-105-32-35-108-29-20-92-111(100,101)59-11-2-8-53(38-59)65-47-83-50-68-62(65)41-56(77)44-71(68)80)24-6-15-87-75(97)90-18-27-106-33-36-109-30-21-93-112(102,103)60-12-3-9-54(39-60)66-48-84-51-69-63(66)42-57(78)45-72(69)81/h1-3,7-12,37-45,64-66,82-84,91-93H,4-6,13-36,46-51H2,(H2,85,88,95)(H2,86,89,96)(H2,87,90,97)/t64-,65-,66-/m0/s1. The highest BCUT2D eigenvalue weighted by Crippen LogP contribution is 2.40. The van der Waals surface area contributed by atoms with Crippen molar-refractivity contribution in [1.29, 1.82) is 0 Å². The Hall–Kier alpha value is -5.80. The number of sulfonamides is 3. The fourth-order valence-electron chi connectivity index (χ4n) is 13.0. The summed E-state index contributed by atoms with van der Waals surface area (Å²) in [5.41, 5.74) is 8.13. The van der Waals surface area contributed by atoms with Crippen LogP contribution in [0.2, 0.25) is 30.1 Å². The highest BCUT2D eigenvalue weighted by Gasteiger charge is 2.30. The molecule has 6 aromatic carbocycles. The first kappa shape index (κ1) is 90.1. The molecule has 3 heterocycles. The Morgan fingerprint density at radius 3 is 0.884 bits per heavy atom. The van der Waals surface area contributed by atoms with Crippen LogP contribution in [-0.4, -0.2) is 226 Å². The van der Waals surface area contributed by atoms with E-state index < -0.39 is 30.1 Å². The van der Waals surface area contributed by atoms with Crippen LogP contribution in [0, 0.1) is 0 Å². The van der Waals surface area contributed by atoms with Crippen molar-refractivity contribution in [3.63, 3.8) is 0 Å². The maximum absolute atomic E-state index is 13.3. The summed E-state index contributed by atoms with van der Waals surface area (Å²) in [7, 11) is -11.5. The van der Waals surface area contributed by atoms with Gasteiger partial charge in [0.05, 0.1) is 94.0 Å². The molecule has 37 heteroatoms. The molecular weight excluding hydrogens is 1630 g/mol. The number of benzene rings is 6. The van der Waals surface area contributed by atoms with Crippen LogP contribution < -0.4 is 62.0 Å². The number of carbonyl (C=O) groups is 3. The third-order valence-electron chi connectivity index (χ3n) is 18.5. The number of nitrogens with zero attached hydrogens (tertiary/aromatic N) is 1. The van der Waals surface area contributed by atoms with Crippen molar-refractivity contribution >= 4 is 118 Å². The van der Waals surface area contributed by atoms with Gasteiger partial charge in [0.1, 0.15) is 0 Å². The van der Waals surface area contributed by atoms with Gasteiger partial charge in [-0.25, -0.2) is 53.8 Å². The zero-order valence-corrected chi connectivity index (χ0v) is 69.0. The molecule has 0 aromatic heterocycles. The molecule has 112 heavy (non-hydrogen) atoms. The second-order valence-corrected chi connectivity index (χ2v) is 34.3. The minimum atomic E-state index is -3.84. The van der Waals surface area contributed by atoms with Gasteiger partial charge < -0.3 is 81.2 Å². The predicted molar refractivity (Wildman–Crippen MR) is 434 cm³/mol. The monoisotopic (exact) mass is 1730 g/mol. The lowest BCUT2D eigenvalue weighted by Crippen LogP contribution is -2.41. The number of halogens is 6. The smallest absolute Gasteiger partial charge is 0.314 e. The van der Waals surface area contributed by atoms with Crippen LogP contribution in [0.5, 0.6) is 0 Å². The second-order valence-electron chi connectivity index (χ2n) is 26.5. The minimum Gasteiger partial charge on any atom is -0.378 e. The number of nitrogens with one attached hydrogen (secondary N) is 12. The molecule has 3 aliphatic rings. The van der Waals surface area contributed by atoms with Crippen LogP contribution in [0.25, 0.3) is 0 Å². The first-order chi connectivity index (χ1) is 54.0. The summed E-state index contributed by atoms with van der Waals surface area (Å²) in [5, 5.41) is 30.2. The number of carbonyl (C=O) groups excluding carboxylic acids is 3. The van der Waals surface area contributed by atoms with E-state index in [9.17, 15) is 39.6 Å². The summed E-state index contributed by atoms with van der Waals surface area (Å²) in [4.78, 5) is 40.6. The Bertz CT molecular complexity index is 3980. The molecule has 0 saturated heterocycles. The van der Waals surface area contributed by atoms with Gasteiger partial charge in [-0.3, -0.25) is 0 Å². The summed E-state index contributed by atoms with van der Waals surface area (Å²) >= 11 is 38.5. The number of urea groups is 3. The molecule has 0 spiro atoms. The van der Waals surface area contributed by atoms with Gasteiger partial charge in [-0.2, -0.15) is 0 Å². The van der Waals surface area contributed by atoms with E-state index in [4.69, 9.17) is 98.0 Å². The first-order valence-electron chi connectivity index (χ1n) is 37.1. The number of amides is 6. The number of ether oxygens (including phenoxy) is 6. The van der Waals surface area contributed by atoms with Crippen molar-refractivity contribution in [3.05, 3.63) is 189 Å². The van der Waals surface area contributed by atoms with E-state index in [1.54, 1.807) is 72.8 Å². The molecule has 0 aliphatic carbocycles. The Labute approximate surface area is 686 Å². The first-order valence-corrected chi connectivity index (χ1v) is 43.9. The number of rotatable bonds is 48. The third kappa shape index (κ3) is 29.1. The molecular formula is C75H99Cl6N13O15S3. The van der Waals surface area contributed by atoms with Gasteiger partial charge in [0.2, 0.25) is 30.1 Å². The van der Waals surface area contributed by atoms with E-state index >= 15 is 0 Å². The van der Waals surface area contributed by atoms with Crippen molar-refractivity contribution in [2.75, 3.05) is 177 Å². The van der Waals surface area contributed by atoms with Crippen LogP contribution >= 0.6 is 69.6 Å². The van der Waals surface area contributed by atoms with Crippen LogP contribution in [0.4, 0.5) is 14.4 Å². The van der Waals surface area contributed by atoms with Gasteiger partial charge in [0, 0.05) is 146 Å². The highest BCUT2D eigenvalue weighted by atomic mass is 35.5. The third-order valence-corrected chi connectivity index (χ3v) is 24.6. The van der Waals surface area contributed by atoms with Crippen molar-refractivity contribution < 1.29 is 68.1 Å². The Morgan fingerprint density at radius 1 is 0.348 bits per heavy atom. The average Bonchev–Trinajstić information content (AvgIpc) is 0.789. The summed E-state index contributed by atoms with van der Waals surface area (Å²) in [6, 6.07) is 30.0. The molecule has 614 valence electrons. The molecule has 0 unspecified atom stereocenters. The zero-order chi connectivity index (χ0) is 79.7. The average molecular weight is 1730 g/mol. The van der Waals surface area contributed by atoms with Gasteiger partial charge in [-0.1, -0.05) is 106 Å². The molecule has 0 fully saturated rings. The van der Waals surface area contributed by atoms with Crippen molar-refractivity contribution in [3.8, 4) is 0 Å². The van der Waals surface area contributed by atoms with Crippen LogP contribution in [0.3, 0.4) is 0 Å². The molecule has 3 aliphatic heterocycles. The van der Waals surface area contributed by atoms with Crippen LogP contribution in [-0.2, 0) is 78.1 Å². The largest absolute Gasteiger partial charge is 0.378 e. The van der Waals surface area contributed by atoms with Gasteiger partial charge in [-0.15, -0.1) is 0 Å². The molecule has 12 N–H and O–H groups in total. The second kappa shape index (κ2) is 46.8.